The van der Waals surface area contributed by atoms with E-state index in [1.807, 2.05) is 0 Å². The van der Waals surface area contributed by atoms with Crippen LogP contribution in [0.4, 0.5) is 5.69 Å². The summed E-state index contributed by atoms with van der Waals surface area (Å²) >= 11 is 3.31. The van der Waals surface area contributed by atoms with E-state index in [0.717, 1.165) is 4.47 Å². The Balaban J connectivity index is 2.24. The SMILES string of the molecule is COc1nc(Oc2cncc(Br)c2)ccc1N. The number of hydrogen-bond acceptors (Lipinski definition) is 5. The number of aromatic nitrogens is 2. The molecule has 0 aliphatic heterocycles. The number of nitrogens with zero attached hydrogens (tertiary/aromatic N) is 2. The molecule has 2 N–H and O–H groups in total. The summed E-state index contributed by atoms with van der Waals surface area (Å²) in [7, 11) is 1.50. The van der Waals surface area contributed by atoms with Gasteiger partial charge < -0.3 is 15.2 Å². The van der Waals surface area contributed by atoms with Crippen molar-refractivity contribution in [1.82, 2.24) is 9.97 Å². The highest BCUT2D eigenvalue weighted by atomic mass is 79.9. The summed E-state index contributed by atoms with van der Waals surface area (Å²) in [5.74, 6) is 1.32. The van der Waals surface area contributed by atoms with Gasteiger partial charge in [0.25, 0.3) is 0 Å². The van der Waals surface area contributed by atoms with Crippen LogP contribution in [0.2, 0.25) is 0 Å². The first kappa shape index (κ1) is 11.7. The Morgan fingerprint density at radius 2 is 2.12 bits per heavy atom. The smallest absolute Gasteiger partial charge is 0.240 e. The zero-order valence-electron chi connectivity index (χ0n) is 9.05. The van der Waals surface area contributed by atoms with Gasteiger partial charge in [-0.1, -0.05) is 0 Å². The topological polar surface area (TPSA) is 70.3 Å². The van der Waals surface area contributed by atoms with Gasteiger partial charge in [-0.3, -0.25) is 4.98 Å². The summed E-state index contributed by atoms with van der Waals surface area (Å²) in [6.07, 6.45) is 3.26. The van der Waals surface area contributed by atoms with Crippen molar-refractivity contribution >= 4 is 21.6 Å². The van der Waals surface area contributed by atoms with E-state index >= 15 is 0 Å². The Labute approximate surface area is 107 Å². The third kappa shape index (κ3) is 2.85. The predicted octanol–water partition coefficient (Wildman–Crippen LogP) is 2.62. The van der Waals surface area contributed by atoms with E-state index < -0.39 is 0 Å². The van der Waals surface area contributed by atoms with Crippen LogP contribution in [0.25, 0.3) is 0 Å². The lowest BCUT2D eigenvalue weighted by Gasteiger charge is -2.07. The highest BCUT2D eigenvalue weighted by Gasteiger charge is 2.05. The average molecular weight is 296 g/mol. The summed E-state index contributed by atoms with van der Waals surface area (Å²) in [4.78, 5) is 8.09. The van der Waals surface area contributed by atoms with Gasteiger partial charge in [-0.25, -0.2) is 0 Å². The molecule has 2 rings (SSSR count). The van der Waals surface area contributed by atoms with Crippen molar-refractivity contribution in [1.29, 1.82) is 0 Å². The van der Waals surface area contributed by atoms with Crippen LogP contribution in [0.5, 0.6) is 17.5 Å². The van der Waals surface area contributed by atoms with E-state index in [1.54, 1.807) is 30.6 Å². The third-order valence-corrected chi connectivity index (χ3v) is 2.39. The highest BCUT2D eigenvalue weighted by molar-refractivity contribution is 9.10. The monoisotopic (exact) mass is 295 g/mol. The maximum atomic E-state index is 5.65. The van der Waals surface area contributed by atoms with Gasteiger partial charge in [-0.2, -0.15) is 4.98 Å². The summed E-state index contributed by atoms with van der Waals surface area (Å²) in [6, 6.07) is 5.13. The lowest BCUT2D eigenvalue weighted by molar-refractivity contribution is 0.385. The molecule has 0 atom stereocenters. The minimum atomic E-state index is 0.338. The molecule has 0 amide bonds. The van der Waals surface area contributed by atoms with Gasteiger partial charge in [-0.05, 0) is 28.1 Å². The number of nitrogen functional groups attached to an aromatic ring is 1. The Morgan fingerprint density at radius 3 is 2.82 bits per heavy atom. The number of methoxy groups -OCH3 is 1. The molecule has 0 aromatic carbocycles. The Bertz CT molecular complexity index is 534. The van der Waals surface area contributed by atoms with E-state index in [-0.39, 0.29) is 0 Å². The number of halogens is 1. The van der Waals surface area contributed by atoms with E-state index in [4.69, 9.17) is 15.2 Å². The van der Waals surface area contributed by atoms with Crippen LogP contribution < -0.4 is 15.2 Å². The van der Waals surface area contributed by atoms with Gasteiger partial charge in [0, 0.05) is 16.7 Å². The van der Waals surface area contributed by atoms with Crippen LogP contribution in [0.15, 0.2) is 35.1 Å². The molecule has 0 radical (unpaired) electrons. The minimum Gasteiger partial charge on any atom is -0.479 e. The number of hydrogen-bond donors (Lipinski definition) is 1. The molecule has 0 fully saturated rings. The van der Waals surface area contributed by atoms with Crippen LogP contribution in [-0.2, 0) is 0 Å². The third-order valence-electron chi connectivity index (χ3n) is 1.96. The fraction of sp³-hybridized carbons (Fsp3) is 0.0909. The molecular formula is C11H10BrN3O2. The molecular weight excluding hydrogens is 286 g/mol. The summed E-state index contributed by atoms with van der Waals surface area (Å²) < 4.78 is 11.4. The lowest BCUT2D eigenvalue weighted by atomic mass is 10.4. The molecule has 0 saturated carbocycles. The molecule has 0 unspecified atom stereocenters. The minimum absolute atomic E-state index is 0.338. The first-order chi connectivity index (χ1) is 8.19. The number of nitrogens with two attached hydrogens (primary N) is 1. The molecule has 2 heterocycles. The van der Waals surface area contributed by atoms with Gasteiger partial charge in [0.2, 0.25) is 11.8 Å². The first-order valence-electron chi connectivity index (χ1n) is 4.78. The molecule has 2 aromatic heterocycles. The molecule has 2 aromatic rings. The van der Waals surface area contributed by atoms with E-state index in [1.165, 1.54) is 7.11 Å². The number of anilines is 1. The van der Waals surface area contributed by atoms with Gasteiger partial charge in [0.05, 0.1) is 19.0 Å². The molecule has 0 bridgehead atoms. The molecule has 0 saturated heterocycles. The van der Waals surface area contributed by atoms with Crippen molar-refractivity contribution in [3.63, 3.8) is 0 Å². The average Bonchev–Trinajstić information content (AvgIpc) is 2.32. The zero-order chi connectivity index (χ0) is 12.3. The van der Waals surface area contributed by atoms with E-state index in [2.05, 4.69) is 25.9 Å². The Kier molecular flexibility index (Phi) is 3.43. The van der Waals surface area contributed by atoms with Gasteiger partial charge in [-0.15, -0.1) is 0 Å². The number of rotatable bonds is 3. The number of ether oxygens (including phenoxy) is 2. The summed E-state index contributed by atoms with van der Waals surface area (Å²) in [5, 5.41) is 0. The normalized spacial score (nSPS) is 10.0. The van der Waals surface area contributed by atoms with Crippen LogP contribution in [-0.4, -0.2) is 17.1 Å². The van der Waals surface area contributed by atoms with Gasteiger partial charge in [0.15, 0.2) is 0 Å². The largest absolute Gasteiger partial charge is 0.479 e. The van der Waals surface area contributed by atoms with Crippen LogP contribution >= 0.6 is 15.9 Å². The van der Waals surface area contributed by atoms with Crippen molar-refractivity contribution in [3.8, 4) is 17.5 Å². The highest BCUT2D eigenvalue weighted by Crippen LogP contribution is 2.26. The first-order valence-corrected chi connectivity index (χ1v) is 5.57. The maximum absolute atomic E-state index is 5.65. The second-order valence-electron chi connectivity index (χ2n) is 3.19. The predicted molar refractivity (Wildman–Crippen MR) is 67.2 cm³/mol. The Morgan fingerprint density at radius 1 is 1.29 bits per heavy atom. The van der Waals surface area contributed by atoms with Crippen molar-refractivity contribution in [2.45, 2.75) is 0 Å². The second kappa shape index (κ2) is 5.01. The maximum Gasteiger partial charge on any atom is 0.240 e. The van der Waals surface area contributed by atoms with Crippen molar-refractivity contribution in [2.75, 3.05) is 12.8 Å². The quantitative estimate of drug-likeness (QED) is 0.942. The van der Waals surface area contributed by atoms with Gasteiger partial charge >= 0.3 is 0 Å². The molecule has 0 aliphatic rings. The molecule has 0 spiro atoms. The molecule has 6 heteroatoms. The van der Waals surface area contributed by atoms with Gasteiger partial charge in [0.1, 0.15) is 5.75 Å². The summed E-state index contributed by atoms with van der Waals surface area (Å²) in [6.45, 7) is 0. The van der Waals surface area contributed by atoms with E-state index in [9.17, 15) is 0 Å². The molecule has 5 nitrogen and oxygen atoms in total. The Hall–Kier alpha value is -1.82. The summed E-state index contributed by atoms with van der Waals surface area (Å²) in [5.41, 5.74) is 6.12. The standard InChI is InChI=1S/C11H10BrN3O2/c1-16-11-9(13)2-3-10(15-11)17-8-4-7(12)5-14-6-8/h2-6H,13H2,1H3. The van der Waals surface area contributed by atoms with Crippen molar-refractivity contribution in [3.05, 3.63) is 35.1 Å². The van der Waals surface area contributed by atoms with Crippen LogP contribution in [0.1, 0.15) is 0 Å². The molecule has 17 heavy (non-hydrogen) atoms. The fourth-order valence-electron chi connectivity index (χ4n) is 1.22. The zero-order valence-corrected chi connectivity index (χ0v) is 10.6. The fourth-order valence-corrected chi connectivity index (χ4v) is 1.57. The van der Waals surface area contributed by atoms with E-state index in [0.29, 0.717) is 23.2 Å². The lowest BCUT2D eigenvalue weighted by Crippen LogP contribution is -1.97. The van der Waals surface area contributed by atoms with Crippen LogP contribution in [0, 0.1) is 0 Å². The molecule has 0 aliphatic carbocycles. The molecule has 88 valence electrons. The van der Waals surface area contributed by atoms with Crippen molar-refractivity contribution < 1.29 is 9.47 Å². The second-order valence-corrected chi connectivity index (χ2v) is 4.10. The van der Waals surface area contributed by atoms with Crippen LogP contribution in [0.3, 0.4) is 0 Å². The number of pyridine rings is 2. The van der Waals surface area contributed by atoms with Crippen molar-refractivity contribution in [2.24, 2.45) is 0 Å².